The van der Waals surface area contributed by atoms with Crippen molar-refractivity contribution in [2.24, 2.45) is 0 Å². The van der Waals surface area contributed by atoms with E-state index < -0.39 is 11.8 Å². The topological polar surface area (TPSA) is 93.1 Å². The summed E-state index contributed by atoms with van der Waals surface area (Å²) in [5, 5.41) is 5.11. The van der Waals surface area contributed by atoms with Gasteiger partial charge in [-0.15, -0.1) is 0 Å². The lowest BCUT2D eigenvalue weighted by atomic mass is 9.99. The number of benzene rings is 3. The van der Waals surface area contributed by atoms with Crippen LogP contribution in [0.25, 0.3) is 10.8 Å². The molecule has 7 nitrogen and oxygen atoms in total. The number of fused-ring (bicyclic) bond motifs is 1. The molecule has 0 saturated carbocycles. The van der Waals surface area contributed by atoms with Crippen molar-refractivity contribution in [2.45, 2.75) is 32.7 Å². The van der Waals surface area contributed by atoms with E-state index in [0.29, 0.717) is 35.7 Å². The average molecular weight is 455 g/mol. The van der Waals surface area contributed by atoms with E-state index in [1.54, 1.807) is 36.4 Å². The molecule has 7 heteroatoms. The van der Waals surface area contributed by atoms with Crippen LogP contribution in [0.1, 0.15) is 45.3 Å². The van der Waals surface area contributed by atoms with Crippen LogP contribution in [0.4, 0.5) is 0 Å². The fourth-order valence-electron chi connectivity index (χ4n) is 3.89. The summed E-state index contributed by atoms with van der Waals surface area (Å²) < 4.78 is 1.29. The summed E-state index contributed by atoms with van der Waals surface area (Å²) in [6.45, 7) is 2.32. The van der Waals surface area contributed by atoms with E-state index in [2.05, 4.69) is 28.1 Å². The van der Waals surface area contributed by atoms with Gasteiger partial charge in [-0.05, 0) is 42.5 Å². The molecule has 0 atom stereocenters. The summed E-state index contributed by atoms with van der Waals surface area (Å²) in [4.78, 5) is 38.5. The molecule has 3 aromatic carbocycles. The Labute approximate surface area is 197 Å². The van der Waals surface area contributed by atoms with Gasteiger partial charge in [-0.2, -0.15) is 5.10 Å². The Morgan fingerprint density at radius 2 is 1.44 bits per heavy atom. The largest absolute Gasteiger partial charge is 0.290 e. The van der Waals surface area contributed by atoms with Gasteiger partial charge in [0.1, 0.15) is 0 Å². The maximum atomic E-state index is 13.0. The molecule has 2 amide bonds. The minimum atomic E-state index is -0.587. The zero-order valence-electron chi connectivity index (χ0n) is 19.0. The highest BCUT2D eigenvalue weighted by Crippen LogP contribution is 2.14. The quantitative estimate of drug-likeness (QED) is 0.417. The highest BCUT2D eigenvalue weighted by molar-refractivity contribution is 6.06. The third kappa shape index (κ3) is 5.04. The van der Waals surface area contributed by atoms with Crippen LogP contribution < -0.4 is 16.4 Å². The van der Waals surface area contributed by atoms with Crippen molar-refractivity contribution in [3.05, 3.63) is 112 Å². The summed E-state index contributed by atoms with van der Waals surface area (Å²) in [6.07, 6.45) is 2.19. The Balaban J connectivity index is 1.51. The highest BCUT2D eigenvalue weighted by Gasteiger charge is 2.18. The number of aromatic nitrogens is 2. The van der Waals surface area contributed by atoms with Gasteiger partial charge in [0.15, 0.2) is 5.69 Å². The predicted octanol–water partition coefficient (Wildman–Crippen LogP) is 3.67. The van der Waals surface area contributed by atoms with Gasteiger partial charge >= 0.3 is 0 Å². The fourth-order valence-corrected chi connectivity index (χ4v) is 3.89. The van der Waals surface area contributed by atoms with Crippen LogP contribution in [0.3, 0.4) is 0 Å². The maximum Gasteiger partial charge on any atom is 0.290 e. The molecule has 0 radical (unpaired) electrons. The molecule has 0 aliphatic heterocycles. The molecular weight excluding hydrogens is 428 g/mol. The first-order valence-corrected chi connectivity index (χ1v) is 11.3. The molecule has 0 saturated heterocycles. The molecule has 0 aliphatic rings. The zero-order valence-corrected chi connectivity index (χ0v) is 19.0. The first-order chi connectivity index (χ1) is 16.6. The van der Waals surface area contributed by atoms with Crippen LogP contribution in [0.5, 0.6) is 0 Å². The second-order valence-electron chi connectivity index (χ2n) is 7.97. The van der Waals surface area contributed by atoms with E-state index in [1.807, 2.05) is 37.3 Å². The number of hydrogen-bond donors (Lipinski definition) is 2. The van der Waals surface area contributed by atoms with E-state index in [1.165, 1.54) is 10.2 Å². The minimum Gasteiger partial charge on any atom is -0.267 e. The summed E-state index contributed by atoms with van der Waals surface area (Å²) in [7, 11) is 0. The monoisotopic (exact) mass is 454 g/mol. The molecule has 172 valence electrons. The van der Waals surface area contributed by atoms with Gasteiger partial charge in [0, 0.05) is 17.5 Å². The van der Waals surface area contributed by atoms with Gasteiger partial charge in [0.25, 0.3) is 17.4 Å². The van der Waals surface area contributed by atoms with Gasteiger partial charge in [0.05, 0.1) is 5.39 Å². The Bertz CT molecular complexity index is 1380. The van der Waals surface area contributed by atoms with Crippen molar-refractivity contribution >= 4 is 22.6 Å². The number of hydrazine groups is 1. The minimum absolute atomic E-state index is 0.0845. The van der Waals surface area contributed by atoms with Crippen LogP contribution in [0, 0.1) is 0 Å². The molecule has 4 rings (SSSR count). The second kappa shape index (κ2) is 10.6. The third-order valence-corrected chi connectivity index (χ3v) is 5.60. The molecule has 0 unspecified atom stereocenters. The Morgan fingerprint density at radius 1 is 0.794 bits per heavy atom. The zero-order chi connectivity index (χ0) is 23.9. The number of rotatable bonds is 7. The number of aryl methyl sites for hydroxylation is 3. The van der Waals surface area contributed by atoms with Gasteiger partial charge in [-0.25, -0.2) is 4.68 Å². The van der Waals surface area contributed by atoms with Crippen LogP contribution in [0.2, 0.25) is 0 Å². The van der Waals surface area contributed by atoms with Crippen LogP contribution in [-0.4, -0.2) is 21.6 Å². The van der Waals surface area contributed by atoms with E-state index in [9.17, 15) is 14.4 Å². The third-order valence-electron chi connectivity index (χ3n) is 5.60. The van der Waals surface area contributed by atoms with Crippen molar-refractivity contribution in [2.75, 3.05) is 0 Å². The van der Waals surface area contributed by atoms with E-state index in [0.717, 1.165) is 12.0 Å². The van der Waals surface area contributed by atoms with Crippen LogP contribution >= 0.6 is 0 Å². The first-order valence-electron chi connectivity index (χ1n) is 11.3. The lowest BCUT2D eigenvalue weighted by Crippen LogP contribution is -2.43. The predicted molar refractivity (Wildman–Crippen MR) is 132 cm³/mol. The normalized spacial score (nSPS) is 10.7. The van der Waals surface area contributed by atoms with E-state index >= 15 is 0 Å². The molecule has 1 aromatic heterocycles. The molecule has 34 heavy (non-hydrogen) atoms. The second-order valence-corrected chi connectivity index (χ2v) is 7.97. The smallest absolute Gasteiger partial charge is 0.267 e. The van der Waals surface area contributed by atoms with Gasteiger partial charge in [0.2, 0.25) is 0 Å². The molecule has 4 aromatic rings. The van der Waals surface area contributed by atoms with Crippen molar-refractivity contribution < 1.29 is 9.59 Å². The number of nitrogens with one attached hydrogen (secondary N) is 2. The molecule has 0 bridgehead atoms. The van der Waals surface area contributed by atoms with Gasteiger partial charge < -0.3 is 0 Å². The summed E-state index contributed by atoms with van der Waals surface area (Å²) in [5.74, 6) is -1.00. The molecule has 2 N–H and O–H groups in total. The SMILES string of the molecule is CCCn1nc(C(=O)NNC(=O)c2ccccc2CCc2ccccc2)c2ccccc2c1=O. The van der Waals surface area contributed by atoms with E-state index in [4.69, 9.17) is 0 Å². The fraction of sp³-hybridized carbons (Fsp3) is 0.185. The van der Waals surface area contributed by atoms with Crippen molar-refractivity contribution in [3.63, 3.8) is 0 Å². The molecule has 1 heterocycles. The lowest BCUT2D eigenvalue weighted by Gasteiger charge is -2.13. The van der Waals surface area contributed by atoms with Crippen molar-refractivity contribution in [1.29, 1.82) is 0 Å². The molecule has 0 spiro atoms. The molecule has 0 fully saturated rings. The lowest BCUT2D eigenvalue weighted by molar-refractivity contribution is 0.0843. The molecular formula is C27H26N4O3. The Kier molecular flexibility index (Phi) is 7.13. The number of nitrogens with zero attached hydrogens (tertiary/aromatic N) is 2. The number of hydrogen-bond acceptors (Lipinski definition) is 4. The average Bonchev–Trinajstić information content (AvgIpc) is 2.88. The number of amides is 2. The van der Waals surface area contributed by atoms with E-state index in [-0.39, 0.29) is 11.3 Å². The van der Waals surface area contributed by atoms with Crippen LogP contribution in [-0.2, 0) is 19.4 Å². The summed E-state index contributed by atoms with van der Waals surface area (Å²) in [5.41, 5.74) is 7.37. The summed E-state index contributed by atoms with van der Waals surface area (Å²) >= 11 is 0. The van der Waals surface area contributed by atoms with Crippen LogP contribution in [0.15, 0.2) is 83.7 Å². The summed E-state index contributed by atoms with van der Waals surface area (Å²) in [6, 6.07) is 24.2. The number of carbonyl (C=O) groups is 2. The van der Waals surface area contributed by atoms with Gasteiger partial charge in [-0.1, -0.05) is 73.7 Å². The molecule has 0 aliphatic carbocycles. The highest BCUT2D eigenvalue weighted by atomic mass is 16.2. The van der Waals surface area contributed by atoms with Gasteiger partial charge in [-0.3, -0.25) is 25.2 Å². The number of carbonyl (C=O) groups excluding carboxylic acids is 2. The standard InChI is InChI=1S/C27H26N4O3/c1-2-18-31-27(34)23-15-9-8-14-22(23)24(30-31)26(33)29-28-25(32)21-13-7-6-12-20(21)17-16-19-10-4-3-5-11-19/h3-15H,2,16-18H2,1H3,(H,28,32)(H,29,33). The first kappa shape index (κ1) is 22.9. The Hall–Kier alpha value is -4.26. The maximum absolute atomic E-state index is 13.0. The van der Waals surface area contributed by atoms with Crippen molar-refractivity contribution in [3.8, 4) is 0 Å². The van der Waals surface area contributed by atoms with Crippen molar-refractivity contribution in [1.82, 2.24) is 20.6 Å². The Morgan fingerprint density at radius 3 is 2.21 bits per heavy atom.